The molecule has 0 spiro atoms. The van der Waals surface area contributed by atoms with Gasteiger partial charge in [0.15, 0.2) is 0 Å². The van der Waals surface area contributed by atoms with Crippen LogP contribution in [0.3, 0.4) is 0 Å². The second kappa shape index (κ2) is 6.82. The predicted molar refractivity (Wildman–Crippen MR) is 77.1 cm³/mol. The summed E-state index contributed by atoms with van der Waals surface area (Å²) in [6, 6.07) is 4.79. The van der Waals surface area contributed by atoms with Crippen LogP contribution in [0.25, 0.3) is 5.69 Å². The van der Waals surface area contributed by atoms with Crippen LogP contribution in [0.5, 0.6) is 0 Å². The van der Waals surface area contributed by atoms with Gasteiger partial charge in [-0.1, -0.05) is 11.6 Å². The van der Waals surface area contributed by atoms with Crippen molar-refractivity contribution >= 4 is 17.5 Å². The highest BCUT2D eigenvalue weighted by atomic mass is 35.5. The number of halogens is 1. The summed E-state index contributed by atoms with van der Waals surface area (Å²) < 4.78 is 12.1. The van der Waals surface area contributed by atoms with Crippen molar-refractivity contribution in [2.75, 3.05) is 26.4 Å². The van der Waals surface area contributed by atoms with Crippen molar-refractivity contribution in [3.63, 3.8) is 0 Å². The maximum absolute atomic E-state index is 12.3. The molecular formula is C13H14ClN5O3. The molecule has 0 radical (unpaired) electrons. The van der Waals surface area contributed by atoms with E-state index < -0.39 is 0 Å². The molecule has 9 heteroatoms. The summed E-state index contributed by atoms with van der Waals surface area (Å²) in [6.07, 6.45) is 1.45. The second-order valence-electron chi connectivity index (χ2n) is 4.74. The summed E-state index contributed by atoms with van der Waals surface area (Å²) in [4.78, 5) is 12.3. The number of carbonyl (C=O) groups is 1. The molecule has 1 aliphatic heterocycles. The average Bonchev–Trinajstić information content (AvgIpc) is 2.93. The van der Waals surface area contributed by atoms with Gasteiger partial charge in [-0.15, -0.1) is 5.10 Å². The van der Waals surface area contributed by atoms with Crippen LogP contribution in [0.15, 0.2) is 24.5 Å². The van der Waals surface area contributed by atoms with Gasteiger partial charge in [-0.2, -0.15) is 0 Å². The smallest absolute Gasteiger partial charge is 0.253 e. The third-order valence-electron chi connectivity index (χ3n) is 3.16. The van der Waals surface area contributed by atoms with Gasteiger partial charge in [-0.25, -0.2) is 4.68 Å². The zero-order valence-corrected chi connectivity index (χ0v) is 12.4. The topological polar surface area (TPSA) is 91.2 Å². The van der Waals surface area contributed by atoms with Crippen LogP contribution >= 0.6 is 11.6 Å². The first-order valence-corrected chi connectivity index (χ1v) is 7.11. The second-order valence-corrected chi connectivity index (χ2v) is 5.15. The first-order valence-electron chi connectivity index (χ1n) is 6.73. The quantitative estimate of drug-likeness (QED) is 0.882. The molecule has 1 amide bonds. The lowest BCUT2D eigenvalue weighted by Gasteiger charge is -2.16. The van der Waals surface area contributed by atoms with E-state index >= 15 is 0 Å². The van der Waals surface area contributed by atoms with E-state index in [-0.39, 0.29) is 11.9 Å². The standard InChI is InChI=1S/C13H14ClN5O3/c14-12-5-10(19-8-15-17-18-19)1-2-11(12)13(20)16-9-6-21-3-4-22-7-9/h1-2,5,8-9H,3-4,6-7H2,(H,16,20). The van der Waals surface area contributed by atoms with Crippen LogP contribution in [-0.4, -0.2) is 58.6 Å². The molecule has 2 heterocycles. The molecule has 0 saturated carbocycles. The zero-order chi connectivity index (χ0) is 15.4. The number of amides is 1. The van der Waals surface area contributed by atoms with Gasteiger partial charge < -0.3 is 14.8 Å². The summed E-state index contributed by atoms with van der Waals surface area (Å²) in [5, 5.41) is 14.0. The fraction of sp³-hybridized carbons (Fsp3) is 0.385. The highest BCUT2D eigenvalue weighted by molar-refractivity contribution is 6.34. The van der Waals surface area contributed by atoms with Crippen LogP contribution in [0.2, 0.25) is 5.02 Å². The number of ether oxygens (including phenoxy) is 2. The van der Waals surface area contributed by atoms with E-state index in [0.29, 0.717) is 42.7 Å². The van der Waals surface area contributed by atoms with Crippen LogP contribution in [0, 0.1) is 0 Å². The minimum atomic E-state index is -0.271. The Balaban J connectivity index is 1.72. The molecule has 2 aromatic rings. The Bertz CT molecular complexity index is 641. The number of nitrogens with zero attached hydrogens (tertiary/aromatic N) is 4. The Morgan fingerprint density at radius 3 is 2.73 bits per heavy atom. The van der Waals surface area contributed by atoms with Crippen molar-refractivity contribution in [2.45, 2.75) is 6.04 Å². The van der Waals surface area contributed by atoms with E-state index in [1.807, 2.05) is 0 Å². The minimum Gasteiger partial charge on any atom is -0.377 e. The number of hydrogen-bond acceptors (Lipinski definition) is 6. The first-order chi connectivity index (χ1) is 10.7. The van der Waals surface area contributed by atoms with Crippen molar-refractivity contribution in [2.24, 2.45) is 0 Å². The van der Waals surface area contributed by atoms with Crippen LogP contribution in [0.1, 0.15) is 10.4 Å². The van der Waals surface area contributed by atoms with Crippen LogP contribution in [-0.2, 0) is 9.47 Å². The minimum absolute atomic E-state index is 0.190. The van der Waals surface area contributed by atoms with E-state index in [2.05, 4.69) is 20.8 Å². The molecule has 0 atom stereocenters. The summed E-state index contributed by atoms with van der Waals surface area (Å²) in [6.45, 7) is 1.92. The molecule has 116 valence electrons. The Hall–Kier alpha value is -2.03. The van der Waals surface area contributed by atoms with Gasteiger partial charge in [0.05, 0.1) is 48.7 Å². The van der Waals surface area contributed by atoms with Crippen LogP contribution < -0.4 is 5.32 Å². The van der Waals surface area contributed by atoms with Gasteiger partial charge in [0.2, 0.25) is 0 Å². The SMILES string of the molecule is O=C(NC1COCCOC1)c1ccc(-n2cnnn2)cc1Cl. The first kappa shape index (κ1) is 14.9. The summed E-state index contributed by atoms with van der Waals surface area (Å²) in [7, 11) is 0. The van der Waals surface area contributed by atoms with E-state index in [1.54, 1.807) is 18.2 Å². The van der Waals surface area contributed by atoms with Gasteiger partial charge >= 0.3 is 0 Å². The Kier molecular flexibility index (Phi) is 4.62. The normalized spacial score (nSPS) is 16.2. The van der Waals surface area contributed by atoms with Crippen molar-refractivity contribution < 1.29 is 14.3 Å². The molecule has 0 bridgehead atoms. The number of aromatic nitrogens is 4. The van der Waals surface area contributed by atoms with E-state index in [1.165, 1.54) is 11.0 Å². The van der Waals surface area contributed by atoms with Crippen LogP contribution in [0.4, 0.5) is 0 Å². The number of benzene rings is 1. The number of nitrogens with one attached hydrogen (secondary N) is 1. The fourth-order valence-corrected chi connectivity index (χ4v) is 2.33. The summed E-state index contributed by atoms with van der Waals surface area (Å²) >= 11 is 6.19. The monoisotopic (exact) mass is 323 g/mol. The van der Waals surface area contributed by atoms with E-state index in [9.17, 15) is 4.79 Å². The molecule has 1 aliphatic rings. The Morgan fingerprint density at radius 2 is 2.09 bits per heavy atom. The number of carbonyl (C=O) groups excluding carboxylic acids is 1. The van der Waals surface area contributed by atoms with Gasteiger partial charge in [0, 0.05) is 0 Å². The van der Waals surface area contributed by atoms with Crippen molar-refractivity contribution in [1.29, 1.82) is 0 Å². The Morgan fingerprint density at radius 1 is 1.32 bits per heavy atom. The molecule has 1 saturated heterocycles. The van der Waals surface area contributed by atoms with Crippen molar-refractivity contribution in [1.82, 2.24) is 25.5 Å². The molecule has 1 N–H and O–H groups in total. The Labute approximate surface area is 131 Å². The third kappa shape index (κ3) is 3.41. The molecule has 3 rings (SSSR count). The highest BCUT2D eigenvalue weighted by Gasteiger charge is 2.18. The lowest BCUT2D eigenvalue weighted by atomic mass is 10.1. The molecular weight excluding hydrogens is 310 g/mol. The number of hydrogen-bond donors (Lipinski definition) is 1. The lowest BCUT2D eigenvalue weighted by Crippen LogP contribution is -2.40. The molecule has 1 fully saturated rings. The van der Waals surface area contributed by atoms with Gasteiger partial charge in [0.25, 0.3) is 5.91 Å². The van der Waals surface area contributed by atoms with Crippen molar-refractivity contribution in [3.05, 3.63) is 35.1 Å². The number of tetrazole rings is 1. The highest BCUT2D eigenvalue weighted by Crippen LogP contribution is 2.20. The van der Waals surface area contributed by atoms with Crippen molar-refractivity contribution in [3.8, 4) is 5.69 Å². The zero-order valence-electron chi connectivity index (χ0n) is 11.6. The average molecular weight is 324 g/mol. The molecule has 8 nitrogen and oxygen atoms in total. The predicted octanol–water partition coefficient (Wildman–Crippen LogP) is 0.461. The molecule has 1 aromatic heterocycles. The summed E-state index contributed by atoms with van der Waals surface area (Å²) in [5.41, 5.74) is 1.05. The lowest BCUT2D eigenvalue weighted by molar-refractivity contribution is 0.0876. The maximum atomic E-state index is 12.3. The number of rotatable bonds is 3. The van der Waals surface area contributed by atoms with Gasteiger partial charge in [0.1, 0.15) is 6.33 Å². The van der Waals surface area contributed by atoms with Gasteiger partial charge in [-0.05, 0) is 28.6 Å². The van der Waals surface area contributed by atoms with Gasteiger partial charge in [-0.3, -0.25) is 4.79 Å². The fourth-order valence-electron chi connectivity index (χ4n) is 2.07. The third-order valence-corrected chi connectivity index (χ3v) is 3.47. The molecule has 0 aliphatic carbocycles. The van der Waals surface area contributed by atoms with E-state index in [0.717, 1.165) is 0 Å². The summed E-state index contributed by atoms with van der Waals surface area (Å²) in [5.74, 6) is -0.271. The molecule has 1 aromatic carbocycles. The molecule has 22 heavy (non-hydrogen) atoms. The largest absolute Gasteiger partial charge is 0.377 e. The van der Waals surface area contributed by atoms with E-state index in [4.69, 9.17) is 21.1 Å². The maximum Gasteiger partial charge on any atom is 0.253 e. The molecule has 0 unspecified atom stereocenters.